The summed E-state index contributed by atoms with van der Waals surface area (Å²) in [6.45, 7) is 3.83. The monoisotopic (exact) mass is 176 g/mol. The Balaban J connectivity index is 3.64. The summed E-state index contributed by atoms with van der Waals surface area (Å²) in [5.74, 6) is 1.46. The number of allylic oxidation sites excluding steroid dienone is 1. The topological polar surface area (TPSA) is 37.3 Å². The van der Waals surface area contributed by atoms with Crippen LogP contribution in [0.3, 0.4) is 0 Å². The van der Waals surface area contributed by atoms with Crippen molar-refractivity contribution in [3.05, 3.63) is 11.9 Å². The van der Waals surface area contributed by atoms with Gasteiger partial charge in [0.2, 0.25) is 7.37 Å². The molecule has 0 saturated carbocycles. The Morgan fingerprint density at radius 1 is 1.45 bits per heavy atom. The highest BCUT2D eigenvalue weighted by Crippen LogP contribution is 2.41. The van der Waals surface area contributed by atoms with Crippen LogP contribution >= 0.6 is 7.37 Å². The molecule has 0 aliphatic carbocycles. The Kier molecular flexibility index (Phi) is 5.53. The minimum absolute atomic E-state index is 0.343. The molecule has 0 aliphatic heterocycles. The Labute approximate surface area is 68.8 Å². The summed E-state index contributed by atoms with van der Waals surface area (Å²) in [4.78, 5) is 9.09. The summed E-state index contributed by atoms with van der Waals surface area (Å²) in [7, 11) is -2.89. The van der Waals surface area contributed by atoms with E-state index in [2.05, 4.69) is 6.92 Å². The molecule has 0 rings (SSSR count). The van der Waals surface area contributed by atoms with Crippen LogP contribution in [0.25, 0.3) is 0 Å². The summed E-state index contributed by atoms with van der Waals surface area (Å²) >= 11 is 0. The molecule has 0 aromatic rings. The number of hydrogen-bond donors (Lipinski definition) is 1. The molecule has 0 aromatic heterocycles. The number of hydrogen-bond acceptors (Lipinski definition) is 1. The molecule has 0 heterocycles. The molecule has 1 atom stereocenters. The first-order chi connectivity index (χ1) is 5.12. The lowest BCUT2D eigenvalue weighted by Gasteiger charge is -2.00. The molecule has 1 unspecified atom stereocenters. The Morgan fingerprint density at radius 2 is 2.09 bits per heavy atom. The maximum atomic E-state index is 11.0. The molecule has 0 radical (unpaired) electrons. The molecule has 0 aliphatic rings. The van der Waals surface area contributed by atoms with Gasteiger partial charge in [-0.15, -0.1) is 0 Å². The second-order valence-electron chi connectivity index (χ2n) is 2.60. The lowest BCUT2D eigenvalue weighted by molar-refractivity contribution is 0.490. The van der Waals surface area contributed by atoms with E-state index in [-0.39, 0.29) is 0 Å². The smallest absolute Gasteiger partial charge is 0.222 e. The van der Waals surface area contributed by atoms with E-state index in [1.165, 1.54) is 5.82 Å². The largest absolute Gasteiger partial charge is 0.341 e. The summed E-state index contributed by atoms with van der Waals surface area (Å²) in [5, 5.41) is 0. The molecular weight excluding hydrogens is 159 g/mol. The average molecular weight is 176 g/mol. The minimum Gasteiger partial charge on any atom is -0.341 e. The predicted octanol–water partition coefficient (Wildman–Crippen LogP) is 2.98. The van der Waals surface area contributed by atoms with E-state index >= 15 is 0 Å². The maximum absolute atomic E-state index is 11.0. The summed E-state index contributed by atoms with van der Waals surface area (Å²) in [6, 6.07) is 0. The van der Waals surface area contributed by atoms with E-state index in [9.17, 15) is 4.57 Å². The zero-order chi connectivity index (χ0) is 8.74. The van der Waals surface area contributed by atoms with Crippen LogP contribution in [-0.4, -0.2) is 11.1 Å². The normalized spacial score (nSPS) is 17.0. The zero-order valence-electron chi connectivity index (χ0n) is 7.29. The molecule has 1 N–H and O–H groups in total. The van der Waals surface area contributed by atoms with Gasteiger partial charge in [0.25, 0.3) is 0 Å². The van der Waals surface area contributed by atoms with Gasteiger partial charge in [0.05, 0.1) is 0 Å². The molecule has 0 bridgehead atoms. The van der Waals surface area contributed by atoms with Gasteiger partial charge in [-0.05, 0) is 12.2 Å². The minimum atomic E-state index is -2.89. The first-order valence-electron chi connectivity index (χ1n) is 4.11. The average Bonchev–Trinajstić information content (AvgIpc) is 1.99. The quantitative estimate of drug-likeness (QED) is 0.516. The van der Waals surface area contributed by atoms with Gasteiger partial charge >= 0.3 is 0 Å². The molecule has 2 nitrogen and oxygen atoms in total. The van der Waals surface area contributed by atoms with Gasteiger partial charge in [-0.1, -0.05) is 32.8 Å². The maximum Gasteiger partial charge on any atom is 0.222 e. The van der Waals surface area contributed by atoms with Crippen molar-refractivity contribution in [3.8, 4) is 0 Å². The highest BCUT2D eigenvalue weighted by atomic mass is 31.2. The van der Waals surface area contributed by atoms with Gasteiger partial charge in [-0.2, -0.15) is 0 Å². The SMILES string of the molecule is CCCCC=CP(=O)(O)CC. The number of rotatable bonds is 5. The lowest BCUT2D eigenvalue weighted by atomic mass is 10.2. The van der Waals surface area contributed by atoms with E-state index in [1.54, 1.807) is 6.92 Å². The van der Waals surface area contributed by atoms with Gasteiger partial charge in [0.1, 0.15) is 0 Å². The summed E-state index contributed by atoms with van der Waals surface area (Å²) in [5.41, 5.74) is 0. The Hall–Kier alpha value is -0.0700. The second kappa shape index (κ2) is 5.56. The van der Waals surface area contributed by atoms with Crippen LogP contribution < -0.4 is 0 Å². The molecular formula is C8H17O2P. The van der Waals surface area contributed by atoms with Crippen molar-refractivity contribution in [2.24, 2.45) is 0 Å². The van der Waals surface area contributed by atoms with E-state index in [0.717, 1.165) is 19.3 Å². The third-order valence-electron chi connectivity index (χ3n) is 1.52. The number of unbranched alkanes of at least 4 members (excludes halogenated alkanes) is 2. The van der Waals surface area contributed by atoms with Crippen LogP contribution in [0, 0.1) is 0 Å². The zero-order valence-corrected chi connectivity index (χ0v) is 8.18. The van der Waals surface area contributed by atoms with Crippen LogP contribution in [0.4, 0.5) is 0 Å². The van der Waals surface area contributed by atoms with Gasteiger partial charge in [-0.3, -0.25) is 4.57 Å². The van der Waals surface area contributed by atoms with E-state index < -0.39 is 7.37 Å². The Bertz CT molecular complexity index is 163. The van der Waals surface area contributed by atoms with Crippen molar-refractivity contribution in [2.75, 3.05) is 6.16 Å². The first kappa shape index (κ1) is 10.9. The molecule has 0 amide bonds. The van der Waals surface area contributed by atoms with Crippen molar-refractivity contribution >= 4 is 7.37 Å². The summed E-state index contributed by atoms with van der Waals surface area (Å²) < 4.78 is 11.0. The predicted molar refractivity (Wildman–Crippen MR) is 49.0 cm³/mol. The van der Waals surface area contributed by atoms with Crippen LogP contribution in [0.2, 0.25) is 0 Å². The highest BCUT2D eigenvalue weighted by molar-refractivity contribution is 7.61. The van der Waals surface area contributed by atoms with E-state index in [1.807, 2.05) is 6.08 Å². The van der Waals surface area contributed by atoms with E-state index in [0.29, 0.717) is 6.16 Å². The molecule has 0 aromatic carbocycles. The van der Waals surface area contributed by atoms with Gasteiger partial charge in [-0.25, -0.2) is 0 Å². The molecule has 3 heteroatoms. The van der Waals surface area contributed by atoms with Gasteiger partial charge in [0, 0.05) is 6.16 Å². The van der Waals surface area contributed by atoms with Crippen LogP contribution in [0.5, 0.6) is 0 Å². The van der Waals surface area contributed by atoms with Crippen LogP contribution in [-0.2, 0) is 4.57 Å². The second-order valence-corrected chi connectivity index (χ2v) is 5.04. The van der Waals surface area contributed by atoms with Crippen molar-refractivity contribution in [1.82, 2.24) is 0 Å². The highest BCUT2D eigenvalue weighted by Gasteiger charge is 2.07. The van der Waals surface area contributed by atoms with Crippen molar-refractivity contribution in [1.29, 1.82) is 0 Å². The van der Waals surface area contributed by atoms with Crippen LogP contribution in [0.1, 0.15) is 33.1 Å². The fraction of sp³-hybridized carbons (Fsp3) is 0.750. The summed E-state index contributed by atoms with van der Waals surface area (Å²) in [6.07, 6.45) is 5.30. The molecule has 66 valence electrons. The molecule has 0 saturated heterocycles. The third kappa shape index (κ3) is 6.33. The third-order valence-corrected chi connectivity index (χ3v) is 3.10. The van der Waals surface area contributed by atoms with Gasteiger partial charge in [0.15, 0.2) is 0 Å². The molecule has 0 spiro atoms. The Morgan fingerprint density at radius 3 is 2.55 bits per heavy atom. The molecule has 0 fully saturated rings. The first-order valence-corrected chi connectivity index (χ1v) is 6.03. The fourth-order valence-corrected chi connectivity index (χ4v) is 1.36. The van der Waals surface area contributed by atoms with Crippen molar-refractivity contribution < 1.29 is 9.46 Å². The van der Waals surface area contributed by atoms with Crippen molar-refractivity contribution in [2.45, 2.75) is 33.1 Å². The molecule has 11 heavy (non-hydrogen) atoms. The standard InChI is InChI=1S/C8H17O2P/c1-3-5-6-7-8-11(9,10)4-2/h7-8H,3-6H2,1-2H3,(H,9,10). The lowest BCUT2D eigenvalue weighted by Crippen LogP contribution is -1.77. The van der Waals surface area contributed by atoms with Crippen molar-refractivity contribution in [3.63, 3.8) is 0 Å². The van der Waals surface area contributed by atoms with Gasteiger partial charge < -0.3 is 4.89 Å². The van der Waals surface area contributed by atoms with Crippen LogP contribution in [0.15, 0.2) is 11.9 Å². The van der Waals surface area contributed by atoms with E-state index in [4.69, 9.17) is 4.89 Å². The fourth-order valence-electron chi connectivity index (χ4n) is 0.667.